The van der Waals surface area contributed by atoms with E-state index in [1.165, 1.54) is 11.1 Å². The van der Waals surface area contributed by atoms with E-state index in [1.807, 2.05) is 0 Å². The molecule has 0 saturated heterocycles. The van der Waals surface area contributed by atoms with Gasteiger partial charge in [-0.1, -0.05) is 23.2 Å². The van der Waals surface area contributed by atoms with Gasteiger partial charge in [-0.2, -0.15) is 0 Å². The molecule has 0 aliphatic carbocycles. The zero-order chi connectivity index (χ0) is 17.7. The molecule has 0 radical (unpaired) electrons. The van der Waals surface area contributed by atoms with Crippen LogP contribution < -0.4 is 10.6 Å². The molecule has 0 spiro atoms. The highest BCUT2D eigenvalue weighted by molar-refractivity contribution is 6.35. The maximum atomic E-state index is 12.3. The maximum absolute atomic E-state index is 12.3. The summed E-state index contributed by atoms with van der Waals surface area (Å²) in [5.41, 5.74) is 1.48. The van der Waals surface area contributed by atoms with E-state index in [0.717, 1.165) is 0 Å². The fraction of sp³-hybridized carbons (Fsp3) is 0.188. The Morgan fingerprint density at radius 1 is 1.12 bits per heavy atom. The molecule has 0 aliphatic rings. The monoisotopic (exact) mass is 366 g/mol. The molecular formula is C16H16Cl2N4O2. The van der Waals surface area contributed by atoms with Crippen LogP contribution in [0.15, 0.2) is 36.5 Å². The predicted octanol–water partition coefficient (Wildman–Crippen LogP) is 3.41. The lowest BCUT2D eigenvalue weighted by molar-refractivity contribution is 0.102. The second kappa shape index (κ2) is 7.99. The van der Waals surface area contributed by atoms with Crippen molar-refractivity contribution in [2.24, 2.45) is 0 Å². The largest absolute Gasteiger partial charge is 0.332 e. The SMILES string of the molecule is CN(C)C(=O)NCc1cc(C(=O)Nc2cc(Cl)cc(Cl)c2)ccn1. The number of benzene rings is 1. The summed E-state index contributed by atoms with van der Waals surface area (Å²) < 4.78 is 0. The van der Waals surface area contributed by atoms with Crippen LogP contribution in [-0.2, 0) is 6.54 Å². The third kappa shape index (κ3) is 5.11. The van der Waals surface area contributed by atoms with E-state index in [-0.39, 0.29) is 18.5 Å². The number of amides is 3. The topological polar surface area (TPSA) is 74.3 Å². The molecule has 0 atom stereocenters. The first-order valence-corrected chi connectivity index (χ1v) is 7.78. The van der Waals surface area contributed by atoms with Crippen molar-refractivity contribution in [1.82, 2.24) is 15.2 Å². The summed E-state index contributed by atoms with van der Waals surface area (Å²) in [6.07, 6.45) is 1.51. The Bertz CT molecular complexity index is 745. The van der Waals surface area contributed by atoms with Crippen molar-refractivity contribution in [3.8, 4) is 0 Å². The van der Waals surface area contributed by atoms with E-state index < -0.39 is 0 Å². The van der Waals surface area contributed by atoms with Gasteiger partial charge < -0.3 is 15.5 Å². The zero-order valence-electron chi connectivity index (χ0n) is 13.1. The van der Waals surface area contributed by atoms with Crippen LogP contribution >= 0.6 is 23.2 Å². The summed E-state index contributed by atoms with van der Waals surface area (Å²) in [4.78, 5) is 29.4. The number of halogens is 2. The molecule has 2 N–H and O–H groups in total. The van der Waals surface area contributed by atoms with Crippen molar-refractivity contribution < 1.29 is 9.59 Å². The molecule has 1 heterocycles. The van der Waals surface area contributed by atoms with Crippen molar-refractivity contribution in [2.75, 3.05) is 19.4 Å². The molecule has 1 aromatic heterocycles. The highest BCUT2D eigenvalue weighted by Gasteiger charge is 2.10. The Labute approximate surface area is 149 Å². The van der Waals surface area contributed by atoms with Crippen LogP contribution in [0.5, 0.6) is 0 Å². The highest BCUT2D eigenvalue weighted by atomic mass is 35.5. The minimum absolute atomic E-state index is 0.223. The number of urea groups is 1. The first kappa shape index (κ1) is 18.0. The summed E-state index contributed by atoms with van der Waals surface area (Å²) in [6, 6.07) is 7.74. The lowest BCUT2D eigenvalue weighted by atomic mass is 10.2. The van der Waals surface area contributed by atoms with Crippen molar-refractivity contribution in [3.63, 3.8) is 0 Å². The van der Waals surface area contributed by atoms with Gasteiger partial charge in [0, 0.05) is 41.6 Å². The molecule has 8 heteroatoms. The predicted molar refractivity (Wildman–Crippen MR) is 94.6 cm³/mol. The number of nitrogens with one attached hydrogen (secondary N) is 2. The van der Waals surface area contributed by atoms with E-state index in [2.05, 4.69) is 15.6 Å². The molecule has 0 fully saturated rings. The Balaban J connectivity index is 2.07. The van der Waals surface area contributed by atoms with Gasteiger partial charge in [-0.15, -0.1) is 0 Å². The fourth-order valence-corrected chi connectivity index (χ4v) is 2.40. The smallest absolute Gasteiger partial charge is 0.317 e. The number of anilines is 1. The van der Waals surface area contributed by atoms with Gasteiger partial charge in [0.15, 0.2) is 0 Å². The van der Waals surface area contributed by atoms with Gasteiger partial charge in [-0.25, -0.2) is 4.79 Å². The number of carbonyl (C=O) groups is 2. The Kier molecular flexibility index (Phi) is 6.00. The molecule has 0 aliphatic heterocycles. The van der Waals surface area contributed by atoms with Gasteiger partial charge in [0.05, 0.1) is 12.2 Å². The number of rotatable bonds is 4. The van der Waals surface area contributed by atoms with Crippen LogP contribution in [0.1, 0.15) is 16.1 Å². The highest BCUT2D eigenvalue weighted by Crippen LogP contribution is 2.22. The molecule has 2 rings (SSSR count). The van der Waals surface area contributed by atoms with Gasteiger partial charge in [0.1, 0.15) is 0 Å². The quantitative estimate of drug-likeness (QED) is 0.870. The molecule has 1 aromatic carbocycles. The molecular weight excluding hydrogens is 351 g/mol. The molecule has 6 nitrogen and oxygen atoms in total. The number of aromatic nitrogens is 1. The third-order valence-corrected chi connectivity index (χ3v) is 3.46. The van der Waals surface area contributed by atoms with Crippen molar-refractivity contribution >= 4 is 40.8 Å². The van der Waals surface area contributed by atoms with E-state index in [0.29, 0.717) is 27.0 Å². The lowest BCUT2D eigenvalue weighted by Crippen LogP contribution is -2.34. The van der Waals surface area contributed by atoms with E-state index in [4.69, 9.17) is 23.2 Å². The molecule has 3 amide bonds. The molecule has 0 bridgehead atoms. The molecule has 2 aromatic rings. The third-order valence-electron chi connectivity index (χ3n) is 3.03. The number of carbonyl (C=O) groups excluding carboxylic acids is 2. The summed E-state index contributed by atoms with van der Waals surface area (Å²) in [5, 5.41) is 6.27. The second-order valence-corrected chi connectivity index (χ2v) is 6.07. The van der Waals surface area contributed by atoms with Crippen molar-refractivity contribution in [1.29, 1.82) is 0 Å². The van der Waals surface area contributed by atoms with Crippen LogP contribution in [0.3, 0.4) is 0 Å². The molecule has 24 heavy (non-hydrogen) atoms. The normalized spacial score (nSPS) is 10.2. The number of nitrogens with zero attached hydrogens (tertiary/aromatic N) is 2. The first-order valence-electron chi connectivity index (χ1n) is 7.02. The van der Waals surface area contributed by atoms with Gasteiger partial charge >= 0.3 is 6.03 Å². The number of pyridine rings is 1. The summed E-state index contributed by atoms with van der Waals surface area (Å²) in [5.74, 6) is -0.323. The van der Waals surface area contributed by atoms with Gasteiger partial charge in [0.25, 0.3) is 5.91 Å². The summed E-state index contributed by atoms with van der Waals surface area (Å²) >= 11 is 11.8. The minimum Gasteiger partial charge on any atom is -0.332 e. The first-order chi connectivity index (χ1) is 11.3. The minimum atomic E-state index is -0.323. The number of hydrogen-bond donors (Lipinski definition) is 2. The van der Waals surface area contributed by atoms with Crippen LogP contribution in [0.25, 0.3) is 0 Å². The standard InChI is InChI=1S/C16H16Cl2N4O2/c1-22(2)16(24)20-9-14-5-10(3-4-19-14)15(23)21-13-7-11(17)6-12(18)8-13/h3-8H,9H2,1-2H3,(H,20,24)(H,21,23). The van der Waals surface area contributed by atoms with Gasteiger partial charge in [-0.05, 0) is 30.3 Å². The molecule has 0 saturated carbocycles. The van der Waals surface area contributed by atoms with Crippen LogP contribution in [-0.4, -0.2) is 35.9 Å². The average Bonchev–Trinajstić information content (AvgIpc) is 2.51. The fourth-order valence-electron chi connectivity index (χ4n) is 1.87. The van der Waals surface area contributed by atoms with Crippen LogP contribution in [0.2, 0.25) is 10.0 Å². The van der Waals surface area contributed by atoms with Crippen LogP contribution in [0, 0.1) is 0 Å². The van der Waals surface area contributed by atoms with Crippen molar-refractivity contribution in [3.05, 3.63) is 57.8 Å². The average molecular weight is 367 g/mol. The lowest BCUT2D eigenvalue weighted by Gasteiger charge is -2.12. The molecule has 0 unspecified atom stereocenters. The Morgan fingerprint density at radius 2 is 1.79 bits per heavy atom. The van der Waals surface area contributed by atoms with E-state index in [9.17, 15) is 9.59 Å². The van der Waals surface area contributed by atoms with E-state index >= 15 is 0 Å². The molecule has 126 valence electrons. The number of hydrogen-bond acceptors (Lipinski definition) is 3. The Hall–Kier alpha value is -2.31. The summed E-state index contributed by atoms with van der Waals surface area (Å²) in [6.45, 7) is 0.223. The van der Waals surface area contributed by atoms with E-state index in [1.54, 1.807) is 44.4 Å². The van der Waals surface area contributed by atoms with Gasteiger partial charge in [0.2, 0.25) is 0 Å². The zero-order valence-corrected chi connectivity index (χ0v) is 14.6. The maximum Gasteiger partial charge on any atom is 0.317 e. The van der Waals surface area contributed by atoms with Crippen LogP contribution in [0.4, 0.5) is 10.5 Å². The Morgan fingerprint density at radius 3 is 2.42 bits per heavy atom. The summed E-state index contributed by atoms with van der Waals surface area (Å²) in [7, 11) is 3.28. The van der Waals surface area contributed by atoms with Crippen molar-refractivity contribution in [2.45, 2.75) is 6.54 Å². The van der Waals surface area contributed by atoms with Gasteiger partial charge in [-0.3, -0.25) is 9.78 Å². The second-order valence-electron chi connectivity index (χ2n) is 5.20.